The molecular weight excluding hydrogens is 253 g/mol. The molecule has 0 unspecified atom stereocenters. The van der Waals surface area contributed by atoms with Crippen LogP contribution in [0.2, 0.25) is 0 Å². The first-order chi connectivity index (χ1) is 9.61. The van der Waals surface area contributed by atoms with Gasteiger partial charge in [0.1, 0.15) is 5.82 Å². The van der Waals surface area contributed by atoms with E-state index in [1.165, 1.54) is 11.1 Å². The second-order valence-electron chi connectivity index (χ2n) is 5.71. The Morgan fingerprint density at radius 1 is 1.30 bits per heavy atom. The molecule has 1 N–H and O–H groups in total. The number of halogens is 1. The van der Waals surface area contributed by atoms with Crippen molar-refractivity contribution in [3.8, 4) is 0 Å². The summed E-state index contributed by atoms with van der Waals surface area (Å²) in [5, 5.41) is 7.92. The predicted octanol–water partition coefficient (Wildman–Crippen LogP) is 2.90. The topological polar surface area (TPSA) is 29.9 Å². The van der Waals surface area contributed by atoms with Crippen molar-refractivity contribution in [2.45, 2.75) is 38.3 Å². The zero-order chi connectivity index (χ0) is 14.1. The third-order valence-corrected chi connectivity index (χ3v) is 4.18. The van der Waals surface area contributed by atoms with Crippen LogP contribution in [0.5, 0.6) is 0 Å². The van der Waals surface area contributed by atoms with Gasteiger partial charge in [0.05, 0.1) is 5.69 Å². The van der Waals surface area contributed by atoms with Crippen LogP contribution >= 0.6 is 0 Å². The van der Waals surface area contributed by atoms with Gasteiger partial charge < -0.3 is 5.32 Å². The Bertz CT molecular complexity index is 582. The van der Waals surface area contributed by atoms with E-state index < -0.39 is 0 Å². The lowest BCUT2D eigenvalue weighted by Gasteiger charge is -2.36. The Labute approximate surface area is 118 Å². The van der Waals surface area contributed by atoms with Crippen LogP contribution in [-0.2, 0) is 13.6 Å². The summed E-state index contributed by atoms with van der Waals surface area (Å²) < 4.78 is 14.7. The number of benzene rings is 1. The van der Waals surface area contributed by atoms with Crippen LogP contribution in [0.3, 0.4) is 0 Å². The number of aryl methyl sites for hydroxylation is 2. The summed E-state index contributed by atoms with van der Waals surface area (Å²) in [6, 6.07) is 7.47. The van der Waals surface area contributed by atoms with Gasteiger partial charge in [0.15, 0.2) is 0 Å². The second-order valence-corrected chi connectivity index (χ2v) is 5.71. The number of nitrogens with one attached hydrogen (secondary N) is 1. The molecule has 0 amide bonds. The normalized spacial score (nSPS) is 21.8. The monoisotopic (exact) mass is 273 g/mol. The summed E-state index contributed by atoms with van der Waals surface area (Å²) in [5.74, 6) is 0.415. The molecule has 20 heavy (non-hydrogen) atoms. The van der Waals surface area contributed by atoms with E-state index in [2.05, 4.69) is 16.6 Å². The van der Waals surface area contributed by atoms with Crippen LogP contribution in [0.1, 0.15) is 35.6 Å². The Balaban J connectivity index is 1.49. The molecular formula is C16H20FN3. The minimum Gasteiger partial charge on any atom is -0.310 e. The third kappa shape index (κ3) is 2.75. The van der Waals surface area contributed by atoms with Crippen LogP contribution in [-0.4, -0.2) is 15.8 Å². The molecule has 0 aliphatic heterocycles. The lowest BCUT2D eigenvalue weighted by molar-refractivity contribution is 0.289. The van der Waals surface area contributed by atoms with E-state index in [0.29, 0.717) is 12.0 Å². The smallest absolute Gasteiger partial charge is 0.123 e. The first-order valence-electron chi connectivity index (χ1n) is 7.10. The summed E-state index contributed by atoms with van der Waals surface area (Å²) in [6.07, 6.45) is 4.33. The van der Waals surface area contributed by atoms with E-state index in [4.69, 9.17) is 0 Å². The van der Waals surface area contributed by atoms with E-state index >= 15 is 0 Å². The summed E-state index contributed by atoms with van der Waals surface area (Å²) >= 11 is 0. The Kier molecular flexibility index (Phi) is 3.57. The maximum atomic E-state index is 12.9. The highest BCUT2D eigenvalue weighted by molar-refractivity contribution is 5.24. The van der Waals surface area contributed by atoms with Gasteiger partial charge in [-0.3, -0.25) is 4.68 Å². The quantitative estimate of drug-likeness (QED) is 0.928. The maximum absolute atomic E-state index is 12.9. The lowest BCUT2D eigenvalue weighted by atomic mass is 9.76. The molecule has 0 spiro atoms. The number of nitrogens with zero attached hydrogens (tertiary/aromatic N) is 2. The molecule has 0 bridgehead atoms. The van der Waals surface area contributed by atoms with Crippen molar-refractivity contribution in [1.82, 2.24) is 15.1 Å². The number of rotatable bonds is 4. The van der Waals surface area contributed by atoms with Gasteiger partial charge in [-0.05, 0) is 43.4 Å². The zero-order valence-electron chi connectivity index (χ0n) is 11.9. The van der Waals surface area contributed by atoms with Crippen molar-refractivity contribution in [1.29, 1.82) is 0 Å². The lowest BCUT2D eigenvalue weighted by Crippen LogP contribution is -2.39. The zero-order valence-corrected chi connectivity index (χ0v) is 11.9. The first kappa shape index (κ1) is 13.3. The van der Waals surface area contributed by atoms with E-state index in [9.17, 15) is 4.39 Å². The van der Waals surface area contributed by atoms with E-state index in [0.717, 1.165) is 25.1 Å². The molecule has 1 saturated carbocycles. The molecule has 1 aromatic carbocycles. The molecule has 1 aliphatic rings. The second kappa shape index (κ2) is 5.37. The summed E-state index contributed by atoms with van der Waals surface area (Å²) in [6.45, 7) is 2.92. The predicted molar refractivity (Wildman–Crippen MR) is 76.9 cm³/mol. The molecule has 3 rings (SSSR count). The number of hydrogen-bond acceptors (Lipinski definition) is 2. The SMILES string of the molecule is Cc1nn(C)cc1CNC1CC(c2ccc(F)cc2)C1. The van der Waals surface area contributed by atoms with Crippen LogP contribution in [0.25, 0.3) is 0 Å². The highest BCUT2D eigenvalue weighted by Crippen LogP contribution is 2.36. The summed E-state index contributed by atoms with van der Waals surface area (Å²) in [7, 11) is 1.95. The maximum Gasteiger partial charge on any atom is 0.123 e. The van der Waals surface area contributed by atoms with Crippen molar-refractivity contribution >= 4 is 0 Å². The summed E-state index contributed by atoms with van der Waals surface area (Å²) in [5.41, 5.74) is 3.61. The van der Waals surface area contributed by atoms with Crippen molar-refractivity contribution in [3.05, 3.63) is 53.1 Å². The Morgan fingerprint density at radius 2 is 2.00 bits per heavy atom. The Hall–Kier alpha value is -1.68. The molecule has 1 aromatic heterocycles. The largest absolute Gasteiger partial charge is 0.310 e. The van der Waals surface area contributed by atoms with Crippen LogP contribution in [0.4, 0.5) is 4.39 Å². The van der Waals surface area contributed by atoms with Gasteiger partial charge in [-0.1, -0.05) is 12.1 Å². The van der Waals surface area contributed by atoms with E-state index in [-0.39, 0.29) is 5.82 Å². The molecule has 0 radical (unpaired) electrons. The molecule has 1 heterocycles. The third-order valence-electron chi connectivity index (χ3n) is 4.18. The van der Waals surface area contributed by atoms with Crippen LogP contribution in [0.15, 0.2) is 30.5 Å². The molecule has 0 atom stereocenters. The van der Waals surface area contributed by atoms with E-state index in [1.807, 2.05) is 30.8 Å². The van der Waals surface area contributed by atoms with E-state index in [1.54, 1.807) is 12.1 Å². The van der Waals surface area contributed by atoms with Crippen molar-refractivity contribution in [2.75, 3.05) is 0 Å². The summed E-state index contributed by atoms with van der Waals surface area (Å²) in [4.78, 5) is 0. The fourth-order valence-electron chi connectivity index (χ4n) is 2.87. The molecule has 3 nitrogen and oxygen atoms in total. The van der Waals surface area contributed by atoms with Gasteiger partial charge in [0.2, 0.25) is 0 Å². The minimum atomic E-state index is -0.158. The fourth-order valence-corrected chi connectivity index (χ4v) is 2.87. The average Bonchev–Trinajstić information content (AvgIpc) is 2.68. The van der Waals surface area contributed by atoms with Crippen LogP contribution in [0, 0.1) is 12.7 Å². The molecule has 2 aromatic rings. The molecule has 1 aliphatic carbocycles. The van der Waals surface area contributed by atoms with Gasteiger partial charge in [0, 0.05) is 31.4 Å². The highest BCUT2D eigenvalue weighted by atomic mass is 19.1. The number of aromatic nitrogens is 2. The van der Waals surface area contributed by atoms with Gasteiger partial charge in [0.25, 0.3) is 0 Å². The Morgan fingerprint density at radius 3 is 2.60 bits per heavy atom. The molecule has 4 heteroatoms. The average molecular weight is 273 g/mol. The highest BCUT2D eigenvalue weighted by Gasteiger charge is 2.29. The standard InChI is InChI=1S/C16H20FN3/c1-11-14(10-20(2)19-11)9-18-16-7-13(8-16)12-3-5-15(17)6-4-12/h3-6,10,13,16,18H,7-9H2,1-2H3. The van der Waals surface area contributed by atoms with Crippen molar-refractivity contribution < 1.29 is 4.39 Å². The van der Waals surface area contributed by atoms with Gasteiger partial charge in [-0.15, -0.1) is 0 Å². The number of hydrogen-bond donors (Lipinski definition) is 1. The minimum absolute atomic E-state index is 0.158. The van der Waals surface area contributed by atoms with Crippen molar-refractivity contribution in [3.63, 3.8) is 0 Å². The van der Waals surface area contributed by atoms with Gasteiger partial charge in [-0.2, -0.15) is 5.10 Å². The van der Waals surface area contributed by atoms with Gasteiger partial charge >= 0.3 is 0 Å². The first-order valence-corrected chi connectivity index (χ1v) is 7.10. The molecule has 1 fully saturated rings. The molecule has 0 saturated heterocycles. The molecule has 106 valence electrons. The van der Waals surface area contributed by atoms with Crippen LogP contribution < -0.4 is 5.32 Å². The van der Waals surface area contributed by atoms with Crippen molar-refractivity contribution in [2.24, 2.45) is 7.05 Å². The van der Waals surface area contributed by atoms with Gasteiger partial charge in [-0.25, -0.2) is 4.39 Å². The fraction of sp³-hybridized carbons (Fsp3) is 0.438.